The monoisotopic (exact) mass is 351 g/mol. The van der Waals surface area contributed by atoms with Gasteiger partial charge in [0.05, 0.1) is 16.8 Å². The summed E-state index contributed by atoms with van der Waals surface area (Å²) < 4.78 is 1.95. The highest BCUT2D eigenvalue weighted by atomic mass is 32.2. The van der Waals surface area contributed by atoms with Crippen molar-refractivity contribution in [2.24, 2.45) is 0 Å². The first-order valence-corrected chi connectivity index (χ1v) is 8.93. The Labute approximate surface area is 148 Å². The number of fused-ring (bicyclic) bond motifs is 3. The summed E-state index contributed by atoms with van der Waals surface area (Å²) >= 11 is 1.41. The van der Waals surface area contributed by atoms with E-state index in [0.717, 1.165) is 21.8 Å². The third kappa shape index (κ3) is 3.10. The number of carbonyl (C=O) groups is 1. The Balaban J connectivity index is 1.47. The Kier molecular flexibility index (Phi) is 4.15. The zero-order valence-electron chi connectivity index (χ0n) is 13.7. The Hall–Kier alpha value is -2.80. The normalized spacial score (nSPS) is 11.2. The lowest BCUT2D eigenvalue weighted by molar-refractivity contribution is -0.127. The van der Waals surface area contributed by atoms with Crippen molar-refractivity contribution < 1.29 is 4.79 Å². The molecule has 2 aromatic heterocycles. The molecule has 0 aliphatic carbocycles. The molecule has 2 heterocycles. The summed E-state index contributed by atoms with van der Waals surface area (Å²) in [6.45, 7) is 0.601. The topological polar surface area (TPSA) is 66.3 Å². The van der Waals surface area contributed by atoms with Crippen LogP contribution in [0, 0.1) is 0 Å². The Morgan fingerprint density at radius 1 is 1.16 bits per heavy atom. The summed E-state index contributed by atoms with van der Waals surface area (Å²) in [6.07, 6.45) is 0. The molecular weight excluding hydrogens is 334 g/mol. The van der Waals surface area contributed by atoms with E-state index >= 15 is 0 Å². The fourth-order valence-electron chi connectivity index (χ4n) is 2.72. The van der Waals surface area contributed by atoms with Crippen LogP contribution in [0.2, 0.25) is 0 Å². The van der Waals surface area contributed by atoms with E-state index in [1.807, 2.05) is 66.0 Å². The number of rotatable bonds is 5. The second kappa shape index (κ2) is 6.60. The number of carbonyl (C=O) groups excluding carboxylic acids is 1. The lowest BCUT2D eigenvalue weighted by Gasteiger charge is -2.16. The highest BCUT2D eigenvalue weighted by Crippen LogP contribution is 2.23. The first kappa shape index (κ1) is 15.7. The fraction of sp³-hybridized carbons (Fsp3) is 0.167. The molecule has 0 aliphatic heterocycles. The molecule has 6 nitrogen and oxygen atoms in total. The summed E-state index contributed by atoms with van der Waals surface area (Å²) in [5.74, 6) is 1.08. The summed E-state index contributed by atoms with van der Waals surface area (Å²) in [7, 11) is 1.82. The molecule has 126 valence electrons. The quantitative estimate of drug-likeness (QED) is 0.562. The van der Waals surface area contributed by atoms with Crippen LogP contribution < -0.4 is 0 Å². The van der Waals surface area contributed by atoms with Crippen molar-refractivity contribution in [3.8, 4) is 0 Å². The number of para-hydroxylation sites is 2. The molecule has 0 bridgehead atoms. The predicted molar refractivity (Wildman–Crippen MR) is 98.5 cm³/mol. The number of aromatic amines is 1. The first-order valence-electron chi connectivity index (χ1n) is 7.94. The van der Waals surface area contributed by atoms with Crippen molar-refractivity contribution in [3.63, 3.8) is 0 Å². The highest BCUT2D eigenvalue weighted by Gasteiger charge is 2.15. The summed E-state index contributed by atoms with van der Waals surface area (Å²) in [5, 5.41) is 7.96. The zero-order chi connectivity index (χ0) is 17.2. The fourth-order valence-corrected chi connectivity index (χ4v) is 3.62. The van der Waals surface area contributed by atoms with Crippen LogP contribution >= 0.6 is 11.8 Å². The van der Waals surface area contributed by atoms with E-state index in [1.165, 1.54) is 11.8 Å². The Bertz CT molecular complexity index is 1020. The number of thioether (sulfide) groups is 1. The molecule has 1 amide bonds. The van der Waals surface area contributed by atoms with Crippen molar-refractivity contribution in [1.29, 1.82) is 0 Å². The zero-order valence-corrected chi connectivity index (χ0v) is 14.5. The van der Waals surface area contributed by atoms with E-state index in [0.29, 0.717) is 18.1 Å². The van der Waals surface area contributed by atoms with Gasteiger partial charge >= 0.3 is 0 Å². The van der Waals surface area contributed by atoms with Crippen molar-refractivity contribution in [3.05, 3.63) is 60.2 Å². The van der Waals surface area contributed by atoms with Crippen LogP contribution in [0.3, 0.4) is 0 Å². The molecule has 0 unspecified atom stereocenters. The SMILES string of the molecule is CN(Cc1ccccc1)C(=O)CSc1n[nH]c2nc3ccccc3n12. The number of nitrogens with zero attached hydrogens (tertiary/aromatic N) is 4. The summed E-state index contributed by atoms with van der Waals surface area (Å²) in [4.78, 5) is 18.6. The van der Waals surface area contributed by atoms with E-state index in [4.69, 9.17) is 0 Å². The van der Waals surface area contributed by atoms with Crippen LogP contribution in [0.15, 0.2) is 59.8 Å². The van der Waals surface area contributed by atoms with Gasteiger partial charge in [0.2, 0.25) is 11.7 Å². The molecule has 2 aromatic carbocycles. The van der Waals surface area contributed by atoms with Crippen LogP contribution in [0.25, 0.3) is 16.8 Å². The van der Waals surface area contributed by atoms with Gasteiger partial charge in [-0.05, 0) is 17.7 Å². The second-order valence-corrected chi connectivity index (χ2v) is 6.73. The maximum absolute atomic E-state index is 12.4. The van der Waals surface area contributed by atoms with E-state index in [2.05, 4.69) is 15.2 Å². The molecule has 0 radical (unpaired) electrons. The van der Waals surface area contributed by atoms with Crippen molar-refractivity contribution >= 4 is 34.5 Å². The maximum atomic E-state index is 12.4. The molecule has 0 fully saturated rings. The van der Waals surface area contributed by atoms with Crippen LogP contribution in [0.5, 0.6) is 0 Å². The minimum atomic E-state index is 0.0643. The molecule has 1 N–H and O–H groups in total. The second-order valence-electron chi connectivity index (χ2n) is 5.79. The van der Waals surface area contributed by atoms with Crippen molar-refractivity contribution in [2.45, 2.75) is 11.7 Å². The van der Waals surface area contributed by atoms with Gasteiger partial charge in [0.15, 0.2) is 5.16 Å². The predicted octanol–water partition coefficient (Wildman–Crippen LogP) is 2.96. The van der Waals surface area contributed by atoms with Gasteiger partial charge in [0, 0.05) is 13.6 Å². The molecule has 4 rings (SSSR count). The van der Waals surface area contributed by atoms with E-state index in [-0.39, 0.29) is 5.91 Å². The molecule has 0 aliphatic rings. The molecule has 25 heavy (non-hydrogen) atoms. The van der Waals surface area contributed by atoms with Crippen LogP contribution in [0.1, 0.15) is 5.56 Å². The summed E-state index contributed by atoms with van der Waals surface area (Å²) in [6, 6.07) is 17.9. The minimum Gasteiger partial charge on any atom is -0.341 e. The molecule has 0 atom stereocenters. The van der Waals surface area contributed by atoms with Gasteiger partial charge in [-0.25, -0.2) is 10.1 Å². The number of nitrogens with one attached hydrogen (secondary N) is 1. The van der Waals surface area contributed by atoms with E-state index in [1.54, 1.807) is 4.90 Å². The average Bonchev–Trinajstić information content (AvgIpc) is 3.19. The van der Waals surface area contributed by atoms with Gasteiger partial charge in [-0.2, -0.15) is 0 Å². The molecule has 4 aromatic rings. The Morgan fingerprint density at radius 2 is 1.92 bits per heavy atom. The van der Waals surface area contributed by atoms with Crippen LogP contribution in [-0.2, 0) is 11.3 Å². The molecule has 0 spiro atoms. The van der Waals surface area contributed by atoms with Crippen molar-refractivity contribution in [2.75, 3.05) is 12.8 Å². The van der Waals surface area contributed by atoms with Gasteiger partial charge in [-0.15, -0.1) is 5.10 Å². The molecular formula is C18H17N5OS. The number of benzene rings is 2. The minimum absolute atomic E-state index is 0.0643. The Morgan fingerprint density at radius 3 is 2.76 bits per heavy atom. The van der Waals surface area contributed by atoms with Gasteiger partial charge < -0.3 is 4.90 Å². The number of H-pyrrole nitrogens is 1. The van der Waals surface area contributed by atoms with Crippen LogP contribution in [0.4, 0.5) is 0 Å². The lowest BCUT2D eigenvalue weighted by Crippen LogP contribution is -2.27. The number of hydrogen-bond acceptors (Lipinski definition) is 4. The maximum Gasteiger partial charge on any atom is 0.233 e. The number of hydrogen-bond donors (Lipinski definition) is 1. The standard InChI is InChI=1S/C18H17N5OS/c1-22(11-13-7-3-2-4-8-13)16(24)12-25-18-21-20-17-19-14-9-5-6-10-15(14)23(17)18/h2-10H,11-12H2,1H3,(H,19,20). The third-order valence-electron chi connectivity index (χ3n) is 4.02. The number of imidazole rings is 1. The van der Waals surface area contributed by atoms with Crippen molar-refractivity contribution in [1.82, 2.24) is 24.5 Å². The third-order valence-corrected chi connectivity index (χ3v) is 4.94. The first-order chi connectivity index (χ1) is 12.2. The van der Waals surface area contributed by atoms with Gasteiger partial charge in [0.1, 0.15) is 0 Å². The lowest BCUT2D eigenvalue weighted by atomic mass is 10.2. The van der Waals surface area contributed by atoms with E-state index < -0.39 is 0 Å². The number of amides is 1. The molecule has 0 saturated carbocycles. The smallest absolute Gasteiger partial charge is 0.233 e. The number of aromatic nitrogens is 4. The molecule has 0 saturated heterocycles. The van der Waals surface area contributed by atoms with Gasteiger partial charge in [-0.3, -0.25) is 9.20 Å². The largest absolute Gasteiger partial charge is 0.341 e. The van der Waals surface area contributed by atoms with Gasteiger partial charge in [0.25, 0.3) is 0 Å². The molecule has 7 heteroatoms. The van der Waals surface area contributed by atoms with Gasteiger partial charge in [-0.1, -0.05) is 54.2 Å². The highest BCUT2D eigenvalue weighted by molar-refractivity contribution is 7.99. The van der Waals surface area contributed by atoms with Crippen LogP contribution in [-0.4, -0.2) is 43.2 Å². The van der Waals surface area contributed by atoms with E-state index in [9.17, 15) is 4.79 Å². The average molecular weight is 351 g/mol. The summed E-state index contributed by atoms with van der Waals surface area (Å²) in [5.41, 5.74) is 3.01.